The lowest BCUT2D eigenvalue weighted by atomic mass is 10.1. The second-order valence-electron chi connectivity index (χ2n) is 5.74. The summed E-state index contributed by atoms with van der Waals surface area (Å²) < 4.78 is 16.7. The minimum atomic E-state index is -0.400. The lowest BCUT2D eigenvalue weighted by Crippen LogP contribution is -2.15. The lowest BCUT2D eigenvalue weighted by Gasteiger charge is -2.16. The highest BCUT2D eigenvalue weighted by atomic mass is 16.5. The molecule has 128 valence electrons. The number of carbonyl (C=O) groups is 1. The Kier molecular flexibility index (Phi) is 6.24. The normalized spacial score (nSPS) is 11.7. The number of hydrogen-bond acceptors (Lipinski definition) is 4. The Balaban J connectivity index is 2.24. The molecule has 0 fully saturated rings. The molecule has 1 unspecified atom stereocenters. The summed E-state index contributed by atoms with van der Waals surface area (Å²) in [4.78, 5) is 12.4. The van der Waals surface area contributed by atoms with E-state index in [9.17, 15) is 4.79 Å². The maximum atomic E-state index is 12.4. The van der Waals surface area contributed by atoms with Gasteiger partial charge >= 0.3 is 5.97 Å². The molecule has 0 radical (unpaired) electrons. The molecule has 1 atom stereocenters. The van der Waals surface area contributed by atoms with Gasteiger partial charge < -0.3 is 14.2 Å². The fourth-order valence-corrected chi connectivity index (χ4v) is 2.27. The number of methoxy groups -OCH3 is 1. The van der Waals surface area contributed by atoms with Gasteiger partial charge in [-0.2, -0.15) is 0 Å². The minimum absolute atomic E-state index is 0.145. The van der Waals surface area contributed by atoms with Crippen molar-refractivity contribution < 1.29 is 19.0 Å². The average Bonchev–Trinajstić information content (AvgIpc) is 2.59. The van der Waals surface area contributed by atoms with E-state index in [1.807, 2.05) is 45.0 Å². The summed E-state index contributed by atoms with van der Waals surface area (Å²) in [7, 11) is 1.55. The second kappa shape index (κ2) is 8.39. The number of benzene rings is 2. The van der Waals surface area contributed by atoms with Crippen molar-refractivity contribution in [2.45, 2.75) is 39.9 Å². The van der Waals surface area contributed by atoms with Crippen LogP contribution in [0.3, 0.4) is 0 Å². The van der Waals surface area contributed by atoms with Crippen LogP contribution >= 0.6 is 0 Å². The van der Waals surface area contributed by atoms with E-state index in [1.165, 1.54) is 0 Å². The third kappa shape index (κ3) is 4.51. The molecule has 2 aromatic carbocycles. The van der Waals surface area contributed by atoms with Gasteiger partial charge in [-0.1, -0.05) is 42.8 Å². The molecular formula is C20H24O4. The number of hydrogen-bond donors (Lipinski definition) is 0. The van der Waals surface area contributed by atoms with Crippen molar-refractivity contribution in [3.05, 3.63) is 59.2 Å². The van der Waals surface area contributed by atoms with Crippen LogP contribution in [0.5, 0.6) is 11.5 Å². The van der Waals surface area contributed by atoms with E-state index in [0.717, 1.165) is 17.5 Å². The van der Waals surface area contributed by atoms with Crippen LogP contribution < -0.4 is 9.47 Å². The summed E-state index contributed by atoms with van der Waals surface area (Å²) in [6.07, 6.45) is 0.614. The van der Waals surface area contributed by atoms with Gasteiger partial charge in [0.05, 0.1) is 13.2 Å². The first-order valence-electron chi connectivity index (χ1n) is 8.11. The zero-order valence-corrected chi connectivity index (χ0v) is 14.7. The predicted molar refractivity (Wildman–Crippen MR) is 93.7 cm³/mol. The lowest BCUT2D eigenvalue weighted by molar-refractivity contribution is 0.0329. The van der Waals surface area contributed by atoms with Gasteiger partial charge in [0.2, 0.25) is 0 Å². The van der Waals surface area contributed by atoms with Gasteiger partial charge in [-0.25, -0.2) is 4.79 Å². The molecule has 24 heavy (non-hydrogen) atoms. The molecule has 2 rings (SSSR count). The maximum Gasteiger partial charge on any atom is 0.342 e. The van der Waals surface area contributed by atoms with E-state index in [2.05, 4.69) is 0 Å². The van der Waals surface area contributed by atoms with Crippen LogP contribution in [-0.2, 0) is 11.3 Å². The van der Waals surface area contributed by atoms with E-state index in [-0.39, 0.29) is 6.10 Å². The molecular weight excluding hydrogens is 304 g/mol. The van der Waals surface area contributed by atoms with Crippen molar-refractivity contribution in [3.8, 4) is 11.5 Å². The van der Waals surface area contributed by atoms with Crippen LogP contribution in [0.15, 0.2) is 42.5 Å². The maximum absolute atomic E-state index is 12.4. The van der Waals surface area contributed by atoms with Crippen LogP contribution in [0.2, 0.25) is 0 Å². The van der Waals surface area contributed by atoms with Gasteiger partial charge in [-0.15, -0.1) is 0 Å². The van der Waals surface area contributed by atoms with E-state index in [1.54, 1.807) is 25.3 Å². The van der Waals surface area contributed by atoms with E-state index < -0.39 is 5.97 Å². The predicted octanol–water partition coefficient (Wildman–Crippen LogP) is 4.54. The zero-order chi connectivity index (χ0) is 17.5. The van der Waals surface area contributed by atoms with Crippen molar-refractivity contribution in [2.75, 3.05) is 7.11 Å². The zero-order valence-electron chi connectivity index (χ0n) is 14.7. The Labute approximate surface area is 143 Å². The van der Waals surface area contributed by atoms with Gasteiger partial charge in [0, 0.05) is 0 Å². The summed E-state index contributed by atoms with van der Waals surface area (Å²) in [5.41, 5.74) is 2.57. The van der Waals surface area contributed by atoms with E-state index >= 15 is 0 Å². The highest BCUT2D eigenvalue weighted by Crippen LogP contribution is 2.32. The second-order valence-corrected chi connectivity index (χ2v) is 5.74. The third-order valence-corrected chi connectivity index (χ3v) is 3.77. The summed E-state index contributed by atoms with van der Waals surface area (Å²) in [5.74, 6) is 0.526. The van der Waals surface area contributed by atoms with Gasteiger partial charge in [-0.3, -0.25) is 0 Å². The fraction of sp³-hybridized carbons (Fsp3) is 0.350. The summed E-state index contributed by atoms with van der Waals surface area (Å²) in [6.45, 7) is 6.22. The summed E-state index contributed by atoms with van der Waals surface area (Å²) in [6, 6.07) is 13.3. The Morgan fingerprint density at radius 3 is 2.58 bits per heavy atom. The fourth-order valence-electron chi connectivity index (χ4n) is 2.27. The van der Waals surface area contributed by atoms with Crippen molar-refractivity contribution in [3.63, 3.8) is 0 Å². The molecule has 0 saturated heterocycles. The van der Waals surface area contributed by atoms with Crippen LogP contribution in [0.1, 0.15) is 41.8 Å². The first-order valence-corrected chi connectivity index (χ1v) is 8.11. The Hall–Kier alpha value is -2.49. The molecule has 2 aromatic rings. The van der Waals surface area contributed by atoms with Gasteiger partial charge in [0.1, 0.15) is 12.2 Å². The highest BCUT2D eigenvalue weighted by molar-refractivity contribution is 5.93. The third-order valence-electron chi connectivity index (χ3n) is 3.77. The largest absolute Gasteiger partial charge is 0.493 e. The van der Waals surface area contributed by atoms with Crippen molar-refractivity contribution in [1.29, 1.82) is 0 Å². The average molecular weight is 328 g/mol. The molecule has 0 heterocycles. The number of rotatable bonds is 7. The van der Waals surface area contributed by atoms with Crippen LogP contribution in [0.25, 0.3) is 0 Å². The number of ether oxygens (including phenoxy) is 3. The van der Waals surface area contributed by atoms with Crippen molar-refractivity contribution >= 4 is 5.97 Å². The monoisotopic (exact) mass is 328 g/mol. The number of aryl methyl sites for hydroxylation is 1. The molecule has 0 amide bonds. The molecule has 0 spiro atoms. The van der Waals surface area contributed by atoms with Crippen molar-refractivity contribution in [2.24, 2.45) is 0 Å². The molecule has 4 heteroatoms. The molecule has 0 saturated carbocycles. The van der Waals surface area contributed by atoms with Crippen LogP contribution in [0.4, 0.5) is 0 Å². The molecule has 0 bridgehead atoms. The molecule has 0 aliphatic rings. The Bertz CT molecular complexity index is 694. The number of carbonyl (C=O) groups excluding carboxylic acids is 1. The Morgan fingerprint density at radius 2 is 1.92 bits per heavy atom. The SMILES string of the molecule is CCC(C)OC(=O)c1cccc(OC)c1OCc1cccc(C)c1. The molecule has 0 aliphatic heterocycles. The summed E-state index contributed by atoms with van der Waals surface area (Å²) in [5, 5.41) is 0. The quantitative estimate of drug-likeness (QED) is 0.700. The first kappa shape index (κ1) is 17.9. The minimum Gasteiger partial charge on any atom is -0.493 e. The topological polar surface area (TPSA) is 44.8 Å². The standard InChI is InChI=1S/C20H24O4/c1-5-15(3)24-20(21)17-10-7-11-18(22-4)19(17)23-13-16-9-6-8-14(2)12-16/h6-12,15H,5,13H2,1-4H3. The van der Waals surface area contributed by atoms with Gasteiger partial charge in [0.25, 0.3) is 0 Å². The van der Waals surface area contributed by atoms with E-state index in [0.29, 0.717) is 23.7 Å². The Morgan fingerprint density at radius 1 is 1.17 bits per heavy atom. The smallest absolute Gasteiger partial charge is 0.342 e. The summed E-state index contributed by atoms with van der Waals surface area (Å²) >= 11 is 0. The highest BCUT2D eigenvalue weighted by Gasteiger charge is 2.20. The first-order chi connectivity index (χ1) is 11.5. The molecule has 4 nitrogen and oxygen atoms in total. The van der Waals surface area contributed by atoms with Crippen LogP contribution in [-0.4, -0.2) is 19.2 Å². The molecule has 0 N–H and O–H groups in total. The van der Waals surface area contributed by atoms with Gasteiger partial charge in [-0.05, 0) is 38.0 Å². The van der Waals surface area contributed by atoms with Crippen molar-refractivity contribution in [1.82, 2.24) is 0 Å². The molecule has 0 aliphatic carbocycles. The van der Waals surface area contributed by atoms with Gasteiger partial charge in [0.15, 0.2) is 11.5 Å². The van der Waals surface area contributed by atoms with E-state index in [4.69, 9.17) is 14.2 Å². The number of para-hydroxylation sites is 1. The number of esters is 1. The molecule has 0 aromatic heterocycles. The van der Waals surface area contributed by atoms with Crippen LogP contribution in [0, 0.1) is 6.92 Å².